The number of hydrogen-bond donors (Lipinski definition) is 0. The average molecular weight is 314 g/mol. The molecule has 1 aliphatic heterocycles. The summed E-state index contributed by atoms with van der Waals surface area (Å²) in [6.07, 6.45) is 8.44. The molecule has 1 atom stereocenters. The van der Waals surface area contributed by atoms with Gasteiger partial charge in [-0.25, -0.2) is 0 Å². The summed E-state index contributed by atoms with van der Waals surface area (Å²) < 4.78 is 5.41. The van der Waals surface area contributed by atoms with Crippen LogP contribution >= 0.6 is 15.9 Å². The first kappa shape index (κ1) is 13.6. The summed E-state index contributed by atoms with van der Waals surface area (Å²) in [6.45, 7) is 3.67. The fraction of sp³-hybridized carbons (Fsp3) is 0.692. The number of hydrogen-bond acceptors (Lipinski definition) is 4. The summed E-state index contributed by atoms with van der Waals surface area (Å²) in [5, 5.41) is 1.07. The molecule has 0 radical (unpaired) electrons. The third-order valence-corrected chi connectivity index (χ3v) is 3.80. The first-order valence-corrected chi connectivity index (χ1v) is 7.74. The Labute approximate surface area is 117 Å². The Balaban J connectivity index is 2.06. The fourth-order valence-corrected chi connectivity index (χ4v) is 2.77. The fourth-order valence-electron chi connectivity index (χ4n) is 2.44. The Hall–Kier alpha value is -0.840. The molecule has 0 aliphatic carbocycles. The first-order valence-electron chi connectivity index (χ1n) is 6.62. The van der Waals surface area contributed by atoms with Gasteiger partial charge in [-0.05, 0) is 32.6 Å². The van der Waals surface area contributed by atoms with Crippen molar-refractivity contribution in [1.82, 2.24) is 9.97 Å². The smallest absolute Gasteiger partial charge is 0.234 e. The Morgan fingerprint density at radius 2 is 2.39 bits per heavy atom. The van der Waals surface area contributed by atoms with Gasteiger partial charge in [-0.2, -0.15) is 4.98 Å². The van der Waals surface area contributed by atoms with Crippen LogP contribution in [0.5, 0.6) is 5.88 Å². The summed E-state index contributed by atoms with van der Waals surface area (Å²) >= 11 is 3.50. The zero-order valence-corrected chi connectivity index (χ0v) is 12.4. The van der Waals surface area contributed by atoms with Crippen molar-refractivity contribution < 1.29 is 4.74 Å². The van der Waals surface area contributed by atoms with E-state index in [0.717, 1.165) is 17.7 Å². The highest BCUT2D eigenvalue weighted by molar-refractivity contribution is 9.09. The van der Waals surface area contributed by atoms with Crippen molar-refractivity contribution in [3.8, 4) is 5.88 Å². The largest absolute Gasteiger partial charge is 0.477 e. The van der Waals surface area contributed by atoms with E-state index < -0.39 is 0 Å². The normalized spacial score (nSPS) is 19.2. The molecule has 0 saturated carbocycles. The van der Waals surface area contributed by atoms with Gasteiger partial charge < -0.3 is 9.64 Å². The minimum atomic E-state index is 0.605. The van der Waals surface area contributed by atoms with Crippen LogP contribution in [0.4, 0.5) is 5.82 Å². The standard InChI is InChI=1S/C13H20BrN3O/c1-2-18-13-10-15-9-12(16-13)17-8-4-6-11(17)5-3-7-14/h9-11H,2-8H2,1H3. The Morgan fingerprint density at radius 1 is 1.50 bits per heavy atom. The molecule has 1 unspecified atom stereocenters. The first-order chi connectivity index (χ1) is 8.85. The van der Waals surface area contributed by atoms with Gasteiger partial charge in [0.1, 0.15) is 0 Å². The van der Waals surface area contributed by atoms with E-state index in [1.165, 1.54) is 25.7 Å². The molecule has 2 rings (SSSR count). The second kappa shape index (κ2) is 6.92. The molecule has 5 heteroatoms. The van der Waals surface area contributed by atoms with Gasteiger partial charge in [0, 0.05) is 17.9 Å². The highest BCUT2D eigenvalue weighted by Crippen LogP contribution is 2.27. The quantitative estimate of drug-likeness (QED) is 0.757. The molecule has 4 nitrogen and oxygen atoms in total. The van der Waals surface area contributed by atoms with Crippen LogP contribution in [0.1, 0.15) is 32.6 Å². The van der Waals surface area contributed by atoms with Crippen LogP contribution in [0.2, 0.25) is 0 Å². The van der Waals surface area contributed by atoms with E-state index >= 15 is 0 Å². The van der Waals surface area contributed by atoms with Gasteiger partial charge in [-0.15, -0.1) is 0 Å². The van der Waals surface area contributed by atoms with Crippen molar-refractivity contribution >= 4 is 21.7 Å². The number of anilines is 1. The van der Waals surface area contributed by atoms with E-state index in [4.69, 9.17) is 4.74 Å². The second-order valence-electron chi connectivity index (χ2n) is 4.47. The van der Waals surface area contributed by atoms with Gasteiger partial charge >= 0.3 is 0 Å². The van der Waals surface area contributed by atoms with E-state index in [2.05, 4.69) is 30.8 Å². The SMILES string of the molecule is CCOc1cncc(N2CCCC2CCCBr)n1. The van der Waals surface area contributed by atoms with Crippen LogP contribution in [-0.4, -0.2) is 34.5 Å². The van der Waals surface area contributed by atoms with Crippen molar-refractivity contribution in [3.63, 3.8) is 0 Å². The molecule has 1 aromatic heterocycles. The summed E-state index contributed by atoms with van der Waals surface area (Å²) in [4.78, 5) is 11.1. The van der Waals surface area contributed by atoms with Gasteiger partial charge in [0.25, 0.3) is 0 Å². The van der Waals surface area contributed by atoms with E-state index in [1.807, 2.05) is 13.1 Å². The highest BCUT2D eigenvalue weighted by Gasteiger charge is 2.25. The molecule has 2 heterocycles. The maximum absolute atomic E-state index is 5.41. The third-order valence-electron chi connectivity index (χ3n) is 3.23. The van der Waals surface area contributed by atoms with Crippen LogP contribution in [0.15, 0.2) is 12.4 Å². The maximum Gasteiger partial charge on any atom is 0.234 e. The lowest BCUT2D eigenvalue weighted by molar-refractivity contribution is 0.325. The molecule has 1 saturated heterocycles. The second-order valence-corrected chi connectivity index (χ2v) is 5.26. The predicted molar refractivity (Wildman–Crippen MR) is 76.6 cm³/mol. The average Bonchev–Trinajstić information content (AvgIpc) is 2.85. The lowest BCUT2D eigenvalue weighted by Crippen LogP contribution is -2.30. The minimum absolute atomic E-state index is 0.605. The summed E-state index contributed by atoms with van der Waals surface area (Å²) in [7, 11) is 0. The van der Waals surface area contributed by atoms with Crippen LogP contribution < -0.4 is 9.64 Å². The molecule has 0 N–H and O–H groups in total. The van der Waals surface area contributed by atoms with Gasteiger partial charge in [-0.3, -0.25) is 4.98 Å². The molecule has 0 bridgehead atoms. The summed E-state index contributed by atoms with van der Waals surface area (Å²) in [5.41, 5.74) is 0. The molecule has 1 fully saturated rings. The molecular formula is C13H20BrN3O. The van der Waals surface area contributed by atoms with E-state index in [-0.39, 0.29) is 0 Å². The Kier molecular flexibility index (Phi) is 5.23. The number of halogens is 1. The van der Waals surface area contributed by atoms with Crippen LogP contribution in [-0.2, 0) is 0 Å². The third kappa shape index (κ3) is 3.34. The molecule has 100 valence electrons. The molecule has 1 aliphatic rings. The van der Waals surface area contributed by atoms with Gasteiger partial charge in [-0.1, -0.05) is 15.9 Å². The zero-order valence-electron chi connectivity index (χ0n) is 10.8. The van der Waals surface area contributed by atoms with Crippen molar-refractivity contribution in [2.45, 2.75) is 38.6 Å². The van der Waals surface area contributed by atoms with Crippen molar-refractivity contribution in [2.24, 2.45) is 0 Å². The molecule has 0 amide bonds. The minimum Gasteiger partial charge on any atom is -0.477 e. The van der Waals surface area contributed by atoms with Crippen molar-refractivity contribution in [3.05, 3.63) is 12.4 Å². The van der Waals surface area contributed by atoms with E-state index in [9.17, 15) is 0 Å². The lowest BCUT2D eigenvalue weighted by atomic mass is 10.1. The molecule has 0 spiro atoms. The molecule has 0 aromatic carbocycles. The van der Waals surface area contributed by atoms with Crippen molar-refractivity contribution in [1.29, 1.82) is 0 Å². The van der Waals surface area contributed by atoms with Crippen molar-refractivity contribution in [2.75, 3.05) is 23.4 Å². The van der Waals surface area contributed by atoms with Gasteiger partial charge in [0.2, 0.25) is 5.88 Å². The van der Waals surface area contributed by atoms with E-state index in [0.29, 0.717) is 18.5 Å². The number of nitrogens with zero attached hydrogens (tertiary/aromatic N) is 3. The Bertz CT molecular complexity index is 375. The van der Waals surface area contributed by atoms with Crippen LogP contribution in [0.3, 0.4) is 0 Å². The van der Waals surface area contributed by atoms with Crippen LogP contribution in [0.25, 0.3) is 0 Å². The highest BCUT2D eigenvalue weighted by atomic mass is 79.9. The topological polar surface area (TPSA) is 38.2 Å². The maximum atomic E-state index is 5.41. The number of ether oxygens (including phenoxy) is 1. The lowest BCUT2D eigenvalue weighted by Gasteiger charge is -2.25. The molecule has 18 heavy (non-hydrogen) atoms. The number of rotatable bonds is 6. The van der Waals surface area contributed by atoms with Crippen LogP contribution in [0, 0.1) is 0 Å². The Morgan fingerprint density at radius 3 is 3.17 bits per heavy atom. The molecular weight excluding hydrogens is 294 g/mol. The van der Waals surface area contributed by atoms with E-state index in [1.54, 1.807) is 6.20 Å². The molecule has 1 aromatic rings. The van der Waals surface area contributed by atoms with Gasteiger partial charge in [0.05, 0.1) is 19.0 Å². The van der Waals surface area contributed by atoms with Gasteiger partial charge in [0.15, 0.2) is 5.82 Å². The predicted octanol–water partition coefficient (Wildman–Crippen LogP) is 3.02. The number of alkyl halides is 1. The number of aromatic nitrogens is 2. The summed E-state index contributed by atoms with van der Waals surface area (Å²) in [5.74, 6) is 1.58. The summed E-state index contributed by atoms with van der Waals surface area (Å²) in [6, 6.07) is 0.605. The zero-order chi connectivity index (χ0) is 12.8. The monoisotopic (exact) mass is 313 g/mol.